The average Bonchev–Trinajstić information content (AvgIpc) is 2.99. The SMILES string of the molecule is Cc1cc(NCCNC(=O)c2c(F)cccc2F)n2ncnc2n1. The molecule has 0 bridgehead atoms. The molecule has 0 aliphatic heterocycles. The van der Waals surface area contributed by atoms with Gasteiger partial charge >= 0.3 is 0 Å². The molecule has 2 aromatic heterocycles. The van der Waals surface area contributed by atoms with Gasteiger partial charge in [-0.25, -0.2) is 13.8 Å². The van der Waals surface area contributed by atoms with Crippen molar-refractivity contribution in [3.63, 3.8) is 0 Å². The van der Waals surface area contributed by atoms with E-state index >= 15 is 0 Å². The van der Waals surface area contributed by atoms with Crippen molar-refractivity contribution in [1.82, 2.24) is 24.9 Å². The van der Waals surface area contributed by atoms with E-state index in [1.165, 1.54) is 16.9 Å². The van der Waals surface area contributed by atoms with Crippen molar-refractivity contribution < 1.29 is 13.6 Å². The van der Waals surface area contributed by atoms with Crippen LogP contribution in [0.4, 0.5) is 14.6 Å². The van der Waals surface area contributed by atoms with Crippen molar-refractivity contribution in [2.45, 2.75) is 6.92 Å². The lowest BCUT2D eigenvalue weighted by molar-refractivity contribution is 0.0946. The maximum Gasteiger partial charge on any atom is 0.257 e. The summed E-state index contributed by atoms with van der Waals surface area (Å²) in [5.74, 6) is -1.48. The number of rotatable bonds is 5. The summed E-state index contributed by atoms with van der Waals surface area (Å²) in [6.45, 7) is 2.33. The van der Waals surface area contributed by atoms with Gasteiger partial charge in [0.2, 0.25) is 0 Å². The predicted molar refractivity (Wildman–Crippen MR) is 82.7 cm³/mol. The van der Waals surface area contributed by atoms with Crippen molar-refractivity contribution in [2.24, 2.45) is 0 Å². The van der Waals surface area contributed by atoms with Gasteiger partial charge in [-0.05, 0) is 19.1 Å². The number of fused-ring (bicyclic) bond motifs is 1. The minimum absolute atomic E-state index is 0.171. The van der Waals surface area contributed by atoms with E-state index in [9.17, 15) is 13.6 Å². The zero-order chi connectivity index (χ0) is 17.1. The second-order valence-electron chi connectivity index (χ2n) is 5.03. The highest BCUT2D eigenvalue weighted by Crippen LogP contribution is 2.12. The highest BCUT2D eigenvalue weighted by molar-refractivity contribution is 5.94. The topological polar surface area (TPSA) is 84.2 Å². The zero-order valence-electron chi connectivity index (χ0n) is 12.8. The van der Waals surface area contributed by atoms with E-state index in [0.29, 0.717) is 18.1 Å². The van der Waals surface area contributed by atoms with Gasteiger partial charge < -0.3 is 10.6 Å². The van der Waals surface area contributed by atoms with Gasteiger partial charge in [-0.1, -0.05) is 6.07 Å². The van der Waals surface area contributed by atoms with Crippen molar-refractivity contribution >= 4 is 17.5 Å². The fourth-order valence-electron chi connectivity index (χ4n) is 2.23. The fraction of sp³-hybridized carbons (Fsp3) is 0.200. The first-order chi connectivity index (χ1) is 11.6. The number of aromatic nitrogens is 4. The molecule has 1 aromatic carbocycles. The molecule has 9 heteroatoms. The van der Waals surface area contributed by atoms with E-state index in [0.717, 1.165) is 17.8 Å². The molecule has 0 atom stereocenters. The zero-order valence-corrected chi connectivity index (χ0v) is 12.8. The van der Waals surface area contributed by atoms with Gasteiger partial charge in [-0.3, -0.25) is 4.79 Å². The number of halogens is 2. The molecule has 7 nitrogen and oxygen atoms in total. The number of benzene rings is 1. The Hall–Kier alpha value is -3.10. The monoisotopic (exact) mass is 332 g/mol. The van der Waals surface area contributed by atoms with Crippen molar-refractivity contribution in [3.8, 4) is 0 Å². The molecule has 0 saturated heterocycles. The predicted octanol–water partition coefficient (Wildman–Crippen LogP) is 1.55. The first-order valence-electron chi connectivity index (χ1n) is 7.19. The van der Waals surface area contributed by atoms with E-state index in [1.807, 2.05) is 6.92 Å². The summed E-state index contributed by atoms with van der Waals surface area (Å²) in [5.41, 5.74) is 0.173. The Morgan fingerprint density at radius 2 is 2.00 bits per heavy atom. The van der Waals surface area contributed by atoms with Gasteiger partial charge in [0.1, 0.15) is 29.3 Å². The number of nitrogens with one attached hydrogen (secondary N) is 2. The molecule has 1 amide bonds. The lowest BCUT2D eigenvalue weighted by atomic mass is 10.2. The summed E-state index contributed by atoms with van der Waals surface area (Å²) in [7, 11) is 0. The molecule has 3 rings (SSSR count). The molecule has 0 aliphatic carbocycles. The lowest BCUT2D eigenvalue weighted by Crippen LogP contribution is -2.30. The second-order valence-corrected chi connectivity index (χ2v) is 5.03. The van der Waals surface area contributed by atoms with Crippen LogP contribution >= 0.6 is 0 Å². The third kappa shape index (κ3) is 3.14. The van der Waals surface area contributed by atoms with E-state index in [-0.39, 0.29) is 6.54 Å². The Morgan fingerprint density at radius 3 is 2.75 bits per heavy atom. The molecule has 2 heterocycles. The number of amides is 1. The molecule has 0 unspecified atom stereocenters. The van der Waals surface area contributed by atoms with Gasteiger partial charge in [0.05, 0.1) is 0 Å². The molecule has 0 aliphatic rings. The molecule has 3 aromatic rings. The highest BCUT2D eigenvalue weighted by Gasteiger charge is 2.16. The smallest absolute Gasteiger partial charge is 0.257 e. The first-order valence-corrected chi connectivity index (χ1v) is 7.19. The largest absolute Gasteiger partial charge is 0.368 e. The molecule has 0 spiro atoms. The van der Waals surface area contributed by atoms with Crippen LogP contribution in [0, 0.1) is 18.6 Å². The minimum Gasteiger partial charge on any atom is -0.368 e. The van der Waals surface area contributed by atoms with Gasteiger partial charge in [-0.15, -0.1) is 0 Å². The minimum atomic E-state index is -0.894. The molecular formula is C15H14F2N6O. The maximum absolute atomic E-state index is 13.5. The molecule has 124 valence electrons. The third-order valence-corrected chi connectivity index (χ3v) is 3.29. The van der Waals surface area contributed by atoms with Crippen LogP contribution in [0.2, 0.25) is 0 Å². The van der Waals surface area contributed by atoms with Crippen molar-refractivity contribution in [3.05, 3.63) is 53.5 Å². The van der Waals surface area contributed by atoms with Gasteiger partial charge in [0, 0.05) is 24.8 Å². The molecule has 0 saturated carbocycles. The van der Waals surface area contributed by atoms with E-state index in [2.05, 4.69) is 25.7 Å². The summed E-state index contributed by atoms with van der Waals surface area (Å²) in [4.78, 5) is 20.1. The Morgan fingerprint density at radius 1 is 1.25 bits per heavy atom. The van der Waals surface area contributed by atoms with Crippen LogP contribution in [0.5, 0.6) is 0 Å². The Labute approximate surface area is 135 Å². The van der Waals surface area contributed by atoms with E-state index < -0.39 is 23.1 Å². The third-order valence-electron chi connectivity index (χ3n) is 3.29. The number of hydrogen-bond acceptors (Lipinski definition) is 5. The van der Waals surface area contributed by atoms with Crippen molar-refractivity contribution in [2.75, 3.05) is 18.4 Å². The standard InChI is InChI=1S/C15H14F2N6O/c1-9-7-12(23-15(22-9)20-8-21-23)18-5-6-19-14(24)13-10(16)3-2-4-11(13)17/h2-4,7-8,18H,5-6H2,1H3,(H,19,24). The Balaban J connectivity index is 1.61. The van der Waals surface area contributed by atoms with Gasteiger partial charge in [0.25, 0.3) is 11.7 Å². The van der Waals surface area contributed by atoms with E-state index in [4.69, 9.17) is 0 Å². The first kappa shape index (κ1) is 15.8. The van der Waals surface area contributed by atoms with Gasteiger partial charge in [0.15, 0.2) is 0 Å². The number of anilines is 1. The molecular weight excluding hydrogens is 318 g/mol. The lowest BCUT2D eigenvalue weighted by Gasteiger charge is -2.10. The summed E-state index contributed by atoms with van der Waals surface area (Å²) in [6, 6.07) is 5.06. The summed E-state index contributed by atoms with van der Waals surface area (Å²) < 4.78 is 28.6. The second kappa shape index (κ2) is 6.57. The van der Waals surface area contributed by atoms with Crippen LogP contribution in [0.15, 0.2) is 30.6 Å². The van der Waals surface area contributed by atoms with Crippen LogP contribution in [0.25, 0.3) is 5.78 Å². The van der Waals surface area contributed by atoms with Crippen molar-refractivity contribution in [1.29, 1.82) is 0 Å². The Bertz CT molecular complexity index is 875. The van der Waals surface area contributed by atoms with E-state index in [1.54, 1.807) is 6.07 Å². The average molecular weight is 332 g/mol. The summed E-state index contributed by atoms with van der Waals surface area (Å²) in [6.07, 6.45) is 1.38. The quantitative estimate of drug-likeness (QED) is 0.693. The number of hydrogen-bond donors (Lipinski definition) is 2. The van der Waals surface area contributed by atoms with Crippen LogP contribution < -0.4 is 10.6 Å². The highest BCUT2D eigenvalue weighted by atomic mass is 19.1. The number of carbonyl (C=O) groups is 1. The van der Waals surface area contributed by atoms with Gasteiger partial charge in [-0.2, -0.15) is 14.6 Å². The fourth-order valence-corrected chi connectivity index (χ4v) is 2.23. The molecule has 0 radical (unpaired) electrons. The van der Waals surface area contributed by atoms with Crippen LogP contribution in [-0.2, 0) is 0 Å². The molecule has 2 N–H and O–H groups in total. The normalized spacial score (nSPS) is 10.8. The Kier molecular flexibility index (Phi) is 4.32. The van der Waals surface area contributed by atoms with Crippen LogP contribution in [-0.4, -0.2) is 38.6 Å². The van der Waals surface area contributed by atoms with Crippen LogP contribution in [0.1, 0.15) is 16.1 Å². The van der Waals surface area contributed by atoms with Crippen LogP contribution in [0.3, 0.4) is 0 Å². The number of nitrogens with zero attached hydrogens (tertiary/aromatic N) is 4. The number of carbonyl (C=O) groups excluding carboxylic acids is 1. The molecule has 0 fully saturated rings. The maximum atomic E-state index is 13.5. The molecule has 24 heavy (non-hydrogen) atoms. The summed E-state index contributed by atoms with van der Waals surface area (Å²) >= 11 is 0. The summed E-state index contributed by atoms with van der Waals surface area (Å²) in [5, 5.41) is 9.57. The number of aryl methyl sites for hydroxylation is 1.